The van der Waals surface area contributed by atoms with E-state index in [0.717, 1.165) is 55.1 Å². The maximum absolute atomic E-state index is 4.65. The predicted octanol–water partition coefficient (Wildman–Crippen LogP) is 2.37. The van der Waals surface area contributed by atoms with Crippen LogP contribution in [0.15, 0.2) is 42.7 Å². The molecule has 0 saturated carbocycles. The zero-order valence-corrected chi connectivity index (χ0v) is 13.4. The third-order valence-electron chi connectivity index (χ3n) is 4.51. The van der Waals surface area contributed by atoms with Crippen LogP contribution in [0.1, 0.15) is 5.56 Å². The molecule has 1 fully saturated rings. The molecule has 5 nitrogen and oxygen atoms in total. The SMILES string of the molecule is CN1CCN(Cc2ccc(-c3cnc4[nH]ccc4n3)cc2)CC1. The van der Waals surface area contributed by atoms with E-state index in [0.29, 0.717) is 0 Å². The van der Waals surface area contributed by atoms with Gasteiger partial charge >= 0.3 is 0 Å². The van der Waals surface area contributed by atoms with Crippen molar-refractivity contribution in [2.75, 3.05) is 33.2 Å². The van der Waals surface area contributed by atoms with Crippen LogP contribution in [-0.4, -0.2) is 58.0 Å². The second-order valence-electron chi connectivity index (χ2n) is 6.24. The van der Waals surface area contributed by atoms with Crippen LogP contribution in [0, 0.1) is 0 Å². The molecule has 0 bridgehead atoms. The molecular formula is C18H21N5. The Bertz CT molecular complexity index is 785. The van der Waals surface area contributed by atoms with Crippen molar-refractivity contribution in [2.45, 2.75) is 6.54 Å². The van der Waals surface area contributed by atoms with E-state index >= 15 is 0 Å². The first-order valence-corrected chi connectivity index (χ1v) is 8.08. The molecule has 1 saturated heterocycles. The number of fused-ring (bicyclic) bond motifs is 1. The summed E-state index contributed by atoms with van der Waals surface area (Å²) >= 11 is 0. The standard InChI is InChI=1S/C18H21N5/c1-22-8-10-23(11-9-22)13-14-2-4-15(5-3-14)17-12-20-18-16(21-17)6-7-19-18/h2-7,12H,8-11,13H2,1H3,(H,19,20). The maximum atomic E-state index is 4.65. The normalized spacial score (nSPS) is 16.9. The van der Waals surface area contributed by atoms with E-state index in [4.69, 9.17) is 0 Å². The van der Waals surface area contributed by atoms with Crippen molar-refractivity contribution in [3.63, 3.8) is 0 Å². The van der Waals surface area contributed by atoms with Gasteiger partial charge in [-0.3, -0.25) is 4.90 Å². The summed E-state index contributed by atoms with van der Waals surface area (Å²) in [4.78, 5) is 17.0. The van der Waals surface area contributed by atoms with E-state index in [1.54, 1.807) is 0 Å². The molecule has 118 valence electrons. The lowest BCUT2D eigenvalue weighted by Crippen LogP contribution is -2.43. The summed E-state index contributed by atoms with van der Waals surface area (Å²) < 4.78 is 0. The van der Waals surface area contributed by atoms with E-state index in [1.807, 2.05) is 18.5 Å². The van der Waals surface area contributed by atoms with E-state index < -0.39 is 0 Å². The average Bonchev–Trinajstić information content (AvgIpc) is 3.05. The van der Waals surface area contributed by atoms with Crippen molar-refractivity contribution in [3.8, 4) is 11.3 Å². The largest absolute Gasteiger partial charge is 0.345 e. The Morgan fingerprint density at radius 2 is 1.83 bits per heavy atom. The highest BCUT2D eigenvalue weighted by atomic mass is 15.2. The lowest BCUT2D eigenvalue weighted by Gasteiger charge is -2.32. The molecule has 0 radical (unpaired) electrons. The van der Waals surface area contributed by atoms with Gasteiger partial charge in [-0.25, -0.2) is 9.97 Å². The first kappa shape index (κ1) is 14.4. The van der Waals surface area contributed by atoms with Crippen LogP contribution in [0.5, 0.6) is 0 Å². The Balaban J connectivity index is 1.49. The van der Waals surface area contributed by atoms with Gasteiger partial charge in [-0.05, 0) is 18.7 Å². The van der Waals surface area contributed by atoms with Gasteiger partial charge in [-0.1, -0.05) is 24.3 Å². The Kier molecular flexibility index (Phi) is 3.81. The summed E-state index contributed by atoms with van der Waals surface area (Å²) in [5.74, 6) is 0. The first-order valence-electron chi connectivity index (χ1n) is 8.08. The minimum atomic E-state index is 0.834. The number of aromatic amines is 1. The topological polar surface area (TPSA) is 48.0 Å². The molecule has 3 heterocycles. The zero-order valence-electron chi connectivity index (χ0n) is 13.4. The van der Waals surface area contributed by atoms with Crippen LogP contribution < -0.4 is 0 Å². The monoisotopic (exact) mass is 307 g/mol. The highest BCUT2D eigenvalue weighted by Crippen LogP contribution is 2.20. The molecule has 23 heavy (non-hydrogen) atoms. The fourth-order valence-corrected chi connectivity index (χ4v) is 3.01. The number of rotatable bonds is 3. The minimum Gasteiger partial charge on any atom is -0.345 e. The van der Waals surface area contributed by atoms with Crippen molar-refractivity contribution in [1.82, 2.24) is 24.8 Å². The van der Waals surface area contributed by atoms with Crippen molar-refractivity contribution < 1.29 is 0 Å². The smallest absolute Gasteiger partial charge is 0.156 e. The molecule has 1 N–H and O–H groups in total. The lowest BCUT2D eigenvalue weighted by atomic mass is 10.1. The number of piperazine rings is 1. The second-order valence-corrected chi connectivity index (χ2v) is 6.24. The molecule has 1 aromatic carbocycles. The Morgan fingerprint density at radius 1 is 1.04 bits per heavy atom. The van der Waals surface area contributed by atoms with Gasteiger partial charge in [0, 0.05) is 44.5 Å². The molecule has 1 aliphatic heterocycles. The fraction of sp³-hybridized carbons (Fsp3) is 0.333. The van der Waals surface area contributed by atoms with Gasteiger partial charge in [0.2, 0.25) is 0 Å². The van der Waals surface area contributed by atoms with Crippen molar-refractivity contribution in [3.05, 3.63) is 48.3 Å². The Labute approximate surface area is 136 Å². The molecule has 0 spiro atoms. The van der Waals surface area contributed by atoms with Crippen LogP contribution in [0.2, 0.25) is 0 Å². The number of nitrogens with zero attached hydrogens (tertiary/aromatic N) is 4. The summed E-state index contributed by atoms with van der Waals surface area (Å²) in [6.45, 7) is 5.63. The summed E-state index contributed by atoms with van der Waals surface area (Å²) in [6, 6.07) is 10.7. The third kappa shape index (κ3) is 3.11. The maximum Gasteiger partial charge on any atom is 0.156 e. The molecule has 3 aromatic rings. The number of aromatic nitrogens is 3. The second kappa shape index (κ2) is 6.10. The summed E-state index contributed by atoms with van der Waals surface area (Å²) in [6.07, 6.45) is 3.70. The van der Waals surface area contributed by atoms with E-state index in [9.17, 15) is 0 Å². The lowest BCUT2D eigenvalue weighted by molar-refractivity contribution is 0.148. The van der Waals surface area contributed by atoms with Crippen molar-refractivity contribution >= 4 is 11.2 Å². The number of hydrogen-bond acceptors (Lipinski definition) is 4. The van der Waals surface area contributed by atoms with Crippen LogP contribution in [0.25, 0.3) is 22.4 Å². The molecule has 0 unspecified atom stereocenters. The minimum absolute atomic E-state index is 0.834. The van der Waals surface area contributed by atoms with Gasteiger partial charge in [0.15, 0.2) is 5.65 Å². The van der Waals surface area contributed by atoms with E-state index in [2.05, 4.69) is 56.1 Å². The number of benzene rings is 1. The first-order chi connectivity index (χ1) is 11.3. The fourth-order valence-electron chi connectivity index (χ4n) is 3.01. The quantitative estimate of drug-likeness (QED) is 0.807. The van der Waals surface area contributed by atoms with Crippen LogP contribution in [-0.2, 0) is 6.54 Å². The van der Waals surface area contributed by atoms with E-state index in [1.165, 1.54) is 5.56 Å². The van der Waals surface area contributed by atoms with Gasteiger partial charge in [0.05, 0.1) is 11.9 Å². The van der Waals surface area contributed by atoms with Crippen LogP contribution >= 0.6 is 0 Å². The van der Waals surface area contributed by atoms with Gasteiger partial charge in [0.1, 0.15) is 5.52 Å². The Morgan fingerprint density at radius 3 is 2.61 bits per heavy atom. The molecule has 4 rings (SSSR count). The highest BCUT2D eigenvalue weighted by Gasteiger charge is 2.13. The number of hydrogen-bond donors (Lipinski definition) is 1. The van der Waals surface area contributed by atoms with Crippen molar-refractivity contribution in [1.29, 1.82) is 0 Å². The van der Waals surface area contributed by atoms with Gasteiger partial charge in [0.25, 0.3) is 0 Å². The molecule has 5 heteroatoms. The third-order valence-corrected chi connectivity index (χ3v) is 4.51. The molecule has 1 aliphatic rings. The van der Waals surface area contributed by atoms with Gasteiger partial charge in [-0.2, -0.15) is 0 Å². The molecule has 2 aromatic heterocycles. The zero-order chi connectivity index (χ0) is 15.6. The number of nitrogens with one attached hydrogen (secondary N) is 1. The number of likely N-dealkylation sites (N-methyl/N-ethyl adjacent to an activating group) is 1. The molecule has 0 atom stereocenters. The average molecular weight is 307 g/mol. The molecule has 0 amide bonds. The van der Waals surface area contributed by atoms with Crippen LogP contribution in [0.4, 0.5) is 0 Å². The molecular weight excluding hydrogens is 286 g/mol. The van der Waals surface area contributed by atoms with Gasteiger partial charge < -0.3 is 9.88 Å². The van der Waals surface area contributed by atoms with Crippen molar-refractivity contribution in [2.24, 2.45) is 0 Å². The predicted molar refractivity (Wildman–Crippen MR) is 92.1 cm³/mol. The Hall–Kier alpha value is -2.24. The summed E-state index contributed by atoms with van der Waals surface area (Å²) in [5.41, 5.74) is 5.13. The summed E-state index contributed by atoms with van der Waals surface area (Å²) in [7, 11) is 2.19. The van der Waals surface area contributed by atoms with Crippen LogP contribution in [0.3, 0.4) is 0 Å². The van der Waals surface area contributed by atoms with Gasteiger partial charge in [-0.15, -0.1) is 0 Å². The highest BCUT2D eigenvalue weighted by molar-refractivity contribution is 5.74. The van der Waals surface area contributed by atoms with E-state index in [-0.39, 0.29) is 0 Å². The number of H-pyrrole nitrogens is 1. The summed E-state index contributed by atoms with van der Waals surface area (Å²) in [5, 5.41) is 0. The molecule has 0 aliphatic carbocycles.